The first-order chi connectivity index (χ1) is 10.0. The molecule has 114 valence electrons. The maximum atomic E-state index is 13.3. The van der Waals surface area contributed by atoms with Crippen molar-refractivity contribution in [2.75, 3.05) is 18.4 Å². The molecule has 0 saturated heterocycles. The van der Waals surface area contributed by atoms with Crippen LogP contribution in [0.25, 0.3) is 0 Å². The first kappa shape index (κ1) is 15.3. The highest BCUT2D eigenvalue weighted by molar-refractivity contribution is 6.00. The summed E-state index contributed by atoms with van der Waals surface area (Å²) in [6, 6.07) is 2.84. The van der Waals surface area contributed by atoms with Crippen LogP contribution >= 0.6 is 0 Å². The van der Waals surface area contributed by atoms with Crippen LogP contribution in [0, 0.1) is 11.7 Å². The number of aromatic carboxylic acids is 1. The molecule has 0 radical (unpaired) electrons. The first-order valence-electron chi connectivity index (χ1n) is 7.10. The maximum absolute atomic E-state index is 13.3. The number of carboxylic acid groups (broad SMARTS) is 1. The highest BCUT2D eigenvalue weighted by atomic mass is 19.1. The number of halogens is 1. The normalized spacial score (nSPS) is 14.4. The Balaban J connectivity index is 2.09. The second-order valence-corrected chi connectivity index (χ2v) is 5.26. The maximum Gasteiger partial charge on any atom is 0.337 e. The summed E-state index contributed by atoms with van der Waals surface area (Å²) in [6.07, 6.45) is 3.42. The van der Waals surface area contributed by atoms with E-state index in [4.69, 9.17) is 5.11 Å². The fourth-order valence-electron chi connectivity index (χ4n) is 2.34. The lowest BCUT2D eigenvalue weighted by Crippen LogP contribution is -2.40. The molecule has 0 unspecified atom stereocenters. The fourth-order valence-corrected chi connectivity index (χ4v) is 2.34. The van der Waals surface area contributed by atoms with Crippen molar-refractivity contribution in [2.45, 2.75) is 26.2 Å². The number of benzene rings is 1. The van der Waals surface area contributed by atoms with Gasteiger partial charge in [0.1, 0.15) is 5.82 Å². The summed E-state index contributed by atoms with van der Waals surface area (Å²) < 4.78 is 13.3. The Bertz CT molecular complexity index is 544. The SMILES string of the molecule is CCN(CC1CCC1)C(=O)Nc1cc(F)ccc1C(=O)O. The first-order valence-corrected chi connectivity index (χ1v) is 7.10. The van der Waals surface area contributed by atoms with Gasteiger partial charge in [-0.15, -0.1) is 0 Å². The molecule has 1 aromatic carbocycles. The Morgan fingerprint density at radius 1 is 1.43 bits per heavy atom. The summed E-state index contributed by atoms with van der Waals surface area (Å²) in [6.45, 7) is 3.04. The third-order valence-electron chi connectivity index (χ3n) is 3.83. The summed E-state index contributed by atoms with van der Waals surface area (Å²) in [5.74, 6) is -1.27. The molecular weight excluding hydrogens is 275 g/mol. The Labute approximate surface area is 122 Å². The molecule has 0 aliphatic heterocycles. The van der Waals surface area contributed by atoms with Gasteiger partial charge in [0.05, 0.1) is 11.3 Å². The zero-order valence-electron chi connectivity index (χ0n) is 11.9. The third-order valence-corrected chi connectivity index (χ3v) is 3.83. The van der Waals surface area contributed by atoms with Gasteiger partial charge in [-0.2, -0.15) is 0 Å². The van der Waals surface area contributed by atoms with Crippen LogP contribution in [0.1, 0.15) is 36.5 Å². The summed E-state index contributed by atoms with van der Waals surface area (Å²) in [5.41, 5.74) is -0.135. The summed E-state index contributed by atoms with van der Waals surface area (Å²) >= 11 is 0. The number of carbonyl (C=O) groups excluding carboxylic acids is 1. The molecule has 0 bridgehead atoms. The number of carboxylic acids is 1. The van der Waals surface area contributed by atoms with Crippen molar-refractivity contribution in [1.82, 2.24) is 4.90 Å². The van der Waals surface area contributed by atoms with Gasteiger partial charge in [-0.25, -0.2) is 14.0 Å². The minimum Gasteiger partial charge on any atom is -0.478 e. The second-order valence-electron chi connectivity index (χ2n) is 5.26. The molecule has 5 nitrogen and oxygen atoms in total. The van der Waals surface area contributed by atoms with Crippen LogP contribution in [0.4, 0.5) is 14.9 Å². The van der Waals surface area contributed by atoms with Gasteiger partial charge in [0.15, 0.2) is 0 Å². The van der Waals surface area contributed by atoms with E-state index < -0.39 is 17.8 Å². The average Bonchev–Trinajstić information content (AvgIpc) is 2.37. The predicted molar refractivity (Wildman–Crippen MR) is 77.0 cm³/mol. The van der Waals surface area contributed by atoms with Gasteiger partial charge >= 0.3 is 12.0 Å². The van der Waals surface area contributed by atoms with Crippen LogP contribution in [0.5, 0.6) is 0 Å². The van der Waals surface area contributed by atoms with Gasteiger partial charge < -0.3 is 15.3 Å². The van der Waals surface area contributed by atoms with Gasteiger partial charge in [-0.05, 0) is 43.9 Å². The summed E-state index contributed by atoms with van der Waals surface area (Å²) in [5, 5.41) is 11.6. The van der Waals surface area contributed by atoms with Crippen molar-refractivity contribution in [3.05, 3.63) is 29.6 Å². The molecule has 2 amide bonds. The molecule has 6 heteroatoms. The number of hydrogen-bond acceptors (Lipinski definition) is 2. The molecule has 1 saturated carbocycles. The molecule has 0 heterocycles. The van der Waals surface area contributed by atoms with Crippen LogP contribution < -0.4 is 5.32 Å². The summed E-state index contributed by atoms with van der Waals surface area (Å²) in [4.78, 5) is 24.9. The highest BCUT2D eigenvalue weighted by Gasteiger charge is 2.23. The number of urea groups is 1. The van der Waals surface area contributed by atoms with Crippen molar-refractivity contribution in [1.29, 1.82) is 0 Å². The zero-order valence-corrected chi connectivity index (χ0v) is 11.9. The van der Waals surface area contributed by atoms with Crippen LogP contribution in [0.15, 0.2) is 18.2 Å². The molecule has 1 aromatic rings. The average molecular weight is 294 g/mol. The molecule has 0 spiro atoms. The number of amides is 2. The van der Waals surface area contributed by atoms with E-state index in [-0.39, 0.29) is 11.3 Å². The molecular formula is C15H19FN2O3. The molecule has 2 N–H and O–H groups in total. The van der Waals surface area contributed by atoms with Crippen molar-refractivity contribution >= 4 is 17.7 Å². The van der Waals surface area contributed by atoms with E-state index >= 15 is 0 Å². The van der Waals surface area contributed by atoms with E-state index in [9.17, 15) is 14.0 Å². The molecule has 1 fully saturated rings. The minimum absolute atomic E-state index is 0.0143. The standard InChI is InChI=1S/C15H19FN2O3/c1-2-18(9-10-4-3-5-10)15(21)17-13-8-11(16)6-7-12(13)14(19)20/h6-8,10H,2-5,9H2,1H3,(H,17,21)(H,19,20). The number of carbonyl (C=O) groups is 2. The summed E-state index contributed by atoms with van der Waals surface area (Å²) in [7, 11) is 0. The lowest BCUT2D eigenvalue weighted by molar-refractivity contribution is 0.0698. The van der Waals surface area contributed by atoms with Crippen molar-refractivity contribution in [2.24, 2.45) is 5.92 Å². The topological polar surface area (TPSA) is 69.6 Å². The van der Waals surface area contributed by atoms with Gasteiger partial charge in [-0.3, -0.25) is 0 Å². The van der Waals surface area contributed by atoms with Crippen LogP contribution in [-0.4, -0.2) is 35.1 Å². The molecule has 0 aromatic heterocycles. The largest absolute Gasteiger partial charge is 0.478 e. The molecule has 1 aliphatic rings. The van der Waals surface area contributed by atoms with E-state index in [2.05, 4.69) is 5.32 Å². The Morgan fingerprint density at radius 2 is 2.14 bits per heavy atom. The van der Waals surface area contributed by atoms with E-state index in [1.807, 2.05) is 6.92 Å². The molecule has 21 heavy (non-hydrogen) atoms. The second kappa shape index (κ2) is 6.56. The lowest BCUT2D eigenvalue weighted by atomic mass is 9.85. The molecule has 1 aliphatic carbocycles. The van der Waals surface area contributed by atoms with Crippen LogP contribution in [0.3, 0.4) is 0 Å². The van der Waals surface area contributed by atoms with Gasteiger partial charge in [0.2, 0.25) is 0 Å². The number of hydrogen-bond donors (Lipinski definition) is 2. The number of nitrogens with zero attached hydrogens (tertiary/aromatic N) is 1. The Morgan fingerprint density at radius 3 is 2.67 bits per heavy atom. The molecule has 0 atom stereocenters. The quantitative estimate of drug-likeness (QED) is 0.876. The van der Waals surface area contributed by atoms with Gasteiger partial charge in [0.25, 0.3) is 0 Å². The predicted octanol–water partition coefficient (Wildman–Crippen LogP) is 3.18. The fraction of sp³-hybridized carbons (Fsp3) is 0.467. The van der Waals surface area contributed by atoms with Crippen LogP contribution in [0.2, 0.25) is 0 Å². The van der Waals surface area contributed by atoms with E-state index in [1.54, 1.807) is 4.90 Å². The third kappa shape index (κ3) is 3.71. The van der Waals surface area contributed by atoms with E-state index in [0.29, 0.717) is 19.0 Å². The minimum atomic E-state index is -1.20. The molecule has 2 rings (SSSR count). The smallest absolute Gasteiger partial charge is 0.337 e. The zero-order chi connectivity index (χ0) is 15.4. The number of anilines is 1. The Hall–Kier alpha value is -2.11. The van der Waals surface area contributed by atoms with E-state index in [0.717, 1.165) is 31.0 Å². The van der Waals surface area contributed by atoms with Crippen molar-refractivity contribution in [3.8, 4) is 0 Å². The van der Waals surface area contributed by atoms with E-state index in [1.165, 1.54) is 6.42 Å². The number of rotatable bonds is 5. The number of nitrogens with one attached hydrogen (secondary N) is 1. The van der Waals surface area contributed by atoms with Crippen molar-refractivity contribution in [3.63, 3.8) is 0 Å². The lowest BCUT2D eigenvalue weighted by Gasteiger charge is -2.31. The monoisotopic (exact) mass is 294 g/mol. The van der Waals surface area contributed by atoms with Gasteiger partial charge in [0, 0.05) is 13.1 Å². The van der Waals surface area contributed by atoms with Crippen molar-refractivity contribution < 1.29 is 19.1 Å². The highest BCUT2D eigenvalue weighted by Crippen LogP contribution is 2.27. The van der Waals surface area contributed by atoms with Gasteiger partial charge in [-0.1, -0.05) is 6.42 Å². The van der Waals surface area contributed by atoms with Crippen LogP contribution in [-0.2, 0) is 0 Å². The Kier molecular flexibility index (Phi) is 4.77.